The van der Waals surface area contributed by atoms with Gasteiger partial charge in [-0.1, -0.05) is 48.5 Å². The lowest BCUT2D eigenvalue weighted by atomic mass is 9.94. The van der Waals surface area contributed by atoms with Gasteiger partial charge in [-0.15, -0.1) is 0 Å². The second-order valence-corrected chi connectivity index (χ2v) is 8.25. The van der Waals surface area contributed by atoms with Gasteiger partial charge in [-0.25, -0.2) is 4.98 Å². The van der Waals surface area contributed by atoms with Crippen LogP contribution in [0.2, 0.25) is 5.02 Å². The van der Waals surface area contributed by atoms with Crippen LogP contribution in [0.4, 0.5) is 5.82 Å². The molecule has 0 spiro atoms. The molecule has 2 aliphatic rings. The molecule has 3 aromatic rings. The fourth-order valence-electron chi connectivity index (χ4n) is 3.96. The van der Waals surface area contributed by atoms with Crippen LogP contribution < -0.4 is 14.8 Å². The van der Waals surface area contributed by atoms with Gasteiger partial charge in [-0.3, -0.25) is 4.79 Å². The Morgan fingerprint density at radius 3 is 2.74 bits per heavy atom. The summed E-state index contributed by atoms with van der Waals surface area (Å²) in [6.45, 7) is 4.08. The van der Waals surface area contributed by atoms with Crippen LogP contribution in [0.5, 0.6) is 11.5 Å². The first-order chi connectivity index (χ1) is 15.1. The van der Waals surface area contributed by atoms with E-state index in [9.17, 15) is 4.79 Å². The minimum atomic E-state index is -0.530. The molecule has 0 bridgehead atoms. The molecule has 0 radical (unpaired) electrons. The molecule has 1 amide bonds. The molecule has 156 valence electrons. The van der Waals surface area contributed by atoms with Crippen molar-refractivity contribution in [3.63, 3.8) is 0 Å². The van der Waals surface area contributed by atoms with Crippen molar-refractivity contribution in [1.82, 2.24) is 4.98 Å². The number of halogens is 1. The topological polar surface area (TPSA) is 60.5 Å². The van der Waals surface area contributed by atoms with Gasteiger partial charge in [-0.05, 0) is 59.4 Å². The van der Waals surface area contributed by atoms with Gasteiger partial charge in [0, 0.05) is 17.6 Å². The van der Waals surface area contributed by atoms with Gasteiger partial charge in [-0.2, -0.15) is 0 Å². The number of fused-ring (bicyclic) bond motifs is 1. The number of aromatic nitrogens is 1. The zero-order valence-corrected chi connectivity index (χ0v) is 17.6. The molecule has 1 fully saturated rings. The Balaban J connectivity index is 1.30. The van der Waals surface area contributed by atoms with E-state index < -0.39 is 5.41 Å². The first-order valence-corrected chi connectivity index (χ1v) is 10.5. The predicted molar refractivity (Wildman–Crippen MR) is 121 cm³/mol. The molecule has 2 heterocycles. The quantitative estimate of drug-likeness (QED) is 0.569. The lowest BCUT2D eigenvalue weighted by molar-refractivity contribution is -0.118. The first-order valence-electron chi connectivity index (χ1n) is 10.2. The van der Waals surface area contributed by atoms with E-state index in [-0.39, 0.29) is 12.7 Å². The SMILES string of the molecule is C=Cc1cccc(Cl)c1Cc1ccc(NC(=O)C2(c3ccc4c(c3)OCO4)CC2)nc1. The minimum absolute atomic E-state index is 0.0494. The van der Waals surface area contributed by atoms with E-state index in [0.717, 1.165) is 40.8 Å². The van der Waals surface area contributed by atoms with Gasteiger partial charge in [0.15, 0.2) is 11.5 Å². The molecule has 6 heteroatoms. The first kappa shape index (κ1) is 19.6. The van der Waals surface area contributed by atoms with Crippen LogP contribution in [0.3, 0.4) is 0 Å². The van der Waals surface area contributed by atoms with E-state index in [4.69, 9.17) is 21.1 Å². The van der Waals surface area contributed by atoms with Crippen molar-refractivity contribution in [1.29, 1.82) is 0 Å². The minimum Gasteiger partial charge on any atom is -0.454 e. The molecule has 1 aromatic heterocycles. The van der Waals surface area contributed by atoms with Crippen molar-refractivity contribution in [2.24, 2.45) is 0 Å². The van der Waals surface area contributed by atoms with E-state index in [2.05, 4.69) is 16.9 Å². The second kappa shape index (κ2) is 7.75. The average molecular weight is 433 g/mol. The molecule has 5 rings (SSSR count). The van der Waals surface area contributed by atoms with Gasteiger partial charge in [0.1, 0.15) is 5.82 Å². The monoisotopic (exact) mass is 432 g/mol. The summed E-state index contributed by atoms with van der Waals surface area (Å²) < 4.78 is 10.8. The number of carbonyl (C=O) groups is 1. The third kappa shape index (κ3) is 3.66. The van der Waals surface area contributed by atoms with Crippen molar-refractivity contribution in [2.45, 2.75) is 24.7 Å². The van der Waals surface area contributed by atoms with Crippen LogP contribution in [0.1, 0.15) is 35.1 Å². The van der Waals surface area contributed by atoms with E-state index in [1.165, 1.54) is 0 Å². The van der Waals surface area contributed by atoms with Crippen LogP contribution in [-0.4, -0.2) is 17.7 Å². The Bertz CT molecular complexity index is 1170. The van der Waals surface area contributed by atoms with Crippen molar-refractivity contribution < 1.29 is 14.3 Å². The maximum atomic E-state index is 13.0. The fraction of sp³-hybridized carbons (Fsp3) is 0.200. The standard InChI is InChI=1S/C25H21ClN2O3/c1-2-17-4-3-5-20(26)19(17)12-16-6-9-23(27-14-16)28-24(29)25(10-11-25)18-7-8-21-22(13-18)31-15-30-21/h2-9,13-14H,1,10-12,15H2,(H,27,28,29). The number of rotatable bonds is 6. The number of ether oxygens (including phenoxy) is 2. The number of amides is 1. The number of pyridine rings is 1. The van der Waals surface area contributed by atoms with Crippen molar-refractivity contribution in [3.05, 3.63) is 88.6 Å². The van der Waals surface area contributed by atoms with Crippen molar-refractivity contribution >= 4 is 29.4 Å². The lowest BCUT2D eigenvalue weighted by Gasteiger charge is -2.16. The van der Waals surface area contributed by atoms with E-state index in [0.29, 0.717) is 23.0 Å². The number of nitrogens with zero attached hydrogens (tertiary/aromatic N) is 1. The molecule has 0 atom stereocenters. The molecule has 1 N–H and O–H groups in total. The zero-order valence-electron chi connectivity index (χ0n) is 16.9. The molecule has 1 aliphatic heterocycles. The number of hydrogen-bond donors (Lipinski definition) is 1. The fourth-order valence-corrected chi connectivity index (χ4v) is 4.21. The van der Waals surface area contributed by atoms with E-state index in [1.807, 2.05) is 48.5 Å². The predicted octanol–water partition coefficient (Wildman–Crippen LogP) is 5.37. The van der Waals surface area contributed by atoms with Crippen LogP contribution in [0, 0.1) is 0 Å². The van der Waals surface area contributed by atoms with Crippen LogP contribution in [0.15, 0.2) is 61.3 Å². The molecule has 1 saturated carbocycles. The smallest absolute Gasteiger partial charge is 0.236 e. The summed E-state index contributed by atoms with van der Waals surface area (Å²) >= 11 is 6.37. The molecule has 2 aromatic carbocycles. The highest BCUT2D eigenvalue weighted by Gasteiger charge is 2.51. The van der Waals surface area contributed by atoms with Crippen LogP contribution in [-0.2, 0) is 16.6 Å². The van der Waals surface area contributed by atoms with Gasteiger partial charge < -0.3 is 14.8 Å². The summed E-state index contributed by atoms with van der Waals surface area (Å²) in [5.74, 6) is 1.89. The highest BCUT2D eigenvalue weighted by Crippen LogP contribution is 2.51. The molecule has 1 aliphatic carbocycles. The summed E-state index contributed by atoms with van der Waals surface area (Å²) in [7, 11) is 0. The third-order valence-corrected chi connectivity index (χ3v) is 6.29. The largest absolute Gasteiger partial charge is 0.454 e. The summed E-state index contributed by atoms with van der Waals surface area (Å²) in [5.41, 5.74) is 3.44. The Morgan fingerprint density at radius 2 is 2.00 bits per heavy atom. The molecule has 31 heavy (non-hydrogen) atoms. The second-order valence-electron chi connectivity index (χ2n) is 7.84. The van der Waals surface area contributed by atoms with Gasteiger partial charge in [0.2, 0.25) is 12.7 Å². The summed E-state index contributed by atoms with van der Waals surface area (Å²) in [5, 5.41) is 3.67. The molecule has 5 nitrogen and oxygen atoms in total. The van der Waals surface area contributed by atoms with Crippen molar-refractivity contribution in [3.8, 4) is 11.5 Å². The third-order valence-electron chi connectivity index (χ3n) is 5.93. The van der Waals surface area contributed by atoms with Gasteiger partial charge in [0.05, 0.1) is 5.41 Å². The van der Waals surface area contributed by atoms with E-state index >= 15 is 0 Å². The van der Waals surface area contributed by atoms with Gasteiger partial charge >= 0.3 is 0 Å². The number of carbonyl (C=O) groups excluding carboxylic acids is 1. The highest BCUT2D eigenvalue weighted by atomic mass is 35.5. The number of hydrogen-bond acceptors (Lipinski definition) is 4. The molecular weight excluding hydrogens is 412 g/mol. The molecule has 0 unspecified atom stereocenters. The Kier molecular flexibility index (Phi) is 4.91. The normalized spacial score (nSPS) is 15.4. The van der Waals surface area contributed by atoms with E-state index in [1.54, 1.807) is 12.3 Å². The lowest BCUT2D eigenvalue weighted by Crippen LogP contribution is -2.28. The number of benzene rings is 2. The summed E-state index contributed by atoms with van der Waals surface area (Å²) in [4.78, 5) is 17.5. The van der Waals surface area contributed by atoms with Crippen LogP contribution in [0.25, 0.3) is 6.08 Å². The van der Waals surface area contributed by atoms with Crippen LogP contribution >= 0.6 is 11.6 Å². The van der Waals surface area contributed by atoms with Gasteiger partial charge in [0.25, 0.3) is 0 Å². The number of nitrogens with one attached hydrogen (secondary N) is 1. The Morgan fingerprint density at radius 1 is 1.16 bits per heavy atom. The maximum absolute atomic E-state index is 13.0. The number of anilines is 1. The van der Waals surface area contributed by atoms with Crippen molar-refractivity contribution in [2.75, 3.05) is 12.1 Å². The molecule has 0 saturated heterocycles. The summed E-state index contributed by atoms with van der Waals surface area (Å²) in [6.07, 6.45) is 5.81. The zero-order chi connectivity index (χ0) is 21.4. The molecular formula is C25H21ClN2O3. The Hall–Kier alpha value is -3.31. The Labute approximate surface area is 185 Å². The highest BCUT2D eigenvalue weighted by molar-refractivity contribution is 6.31. The summed E-state index contributed by atoms with van der Waals surface area (Å²) in [6, 6.07) is 15.3. The maximum Gasteiger partial charge on any atom is 0.236 e. The average Bonchev–Trinajstić information content (AvgIpc) is 3.47.